The van der Waals surface area contributed by atoms with Crippen molar-refractivity contribution in [2.45, 2.75) is 20.4 Å². The van der Waals surface area contributed by atoms with Gasteiger partial charge in [0.2, 0.25) is 5.13 Å². The average molecular weight is 264 g/mol. The highest BCUT2D eigenvalue weighted by Crippen LogP contribution is 2.25. The summed E-state index contributed by atoms with van der Waals surface area (Å²) in [6.07, 6.45) is 0. The number of anilines is 1. The van der Waals surface area contributed by atoms with Gasteiger partial charge in [0.05, 0.1) is 7.11 Å². The molecule has 0 spiro atoms. The summed E-state index contributed by atoms with van der Waals surface area (Å²) in [4.78, 5) is 2.01. The first-order valence-electron chi connectivity index (χ1n) is 5.62. The first-order valence-corrected chi connectivity index (χ1v) is 6.39. The van der Waals surface area contributed by atoms with Crippen molar-refractivity contribution in [3.63, 3.8) is 0 Å². The lowest BCUT2D eigenvalue weighted by Crippen LogP contribution is -2.17. The molecule has 0 aliphatic heterocycles. The van der Waals surface area contributed by atoms with Crippen LogP contribution in [-0.4, -0.2) is 29.0 Å². The highest BCUT2D eigenvalue weighted by atomic mass is 32.1. The van der Waals surface area contributed by atoms with Crippen LogP contribution >= 0.6 is 11.5 Å². The van der Waals surface area contributed by atoms with Crippen molar-refractivity contribution in [1.29, 1.82) is 0 Å². The Morgan fingerprint density at radius 2 is 2.00 bits per heavy atom. The van der Waals surface area contributed by atoms with Gasteiger partial charge in [-0.3, -0.25) is 0 Å². The van der Waals surface area contributed by atoms with E-state index in [9.17, 15) is 0 Å². The van der Waals surface area contributed by atoms with Gasteiger partial charge in [0, 0.05) is 30.7 Å². The van der Waals surface area contributed by atoms with Gasteiger partial charge in [-0.25, -0.2) is 0 Å². The van der Waals surface area contributed by atoms with Crippen LogP contribution in [-0.2, 0) is 6.54 Å². The molecular formula is C12H16N4OS. The van der Waals surface area contributed by atoms with Crippen molar-refractivity contribution in [2.24, 2.45) is 0 Å². The summed E-state index contributed by atoms with van der Waals surface area (Å²) in [6.45, 7) is 4.91. The zero-order chi connectivity index (χ0) is 13.1. The van der Waals surface area contributed by atoms with Crippen LogP contribution < -0.4 is 9.64 Å². The van der Waals surface area contributed by atoms with Crippen LogP contribution in [0.25, 0.3) is 0 Å². The molecule has 2 rings (SSSR count). The number of hydrogen-bond acceptors (Lipinski definition) is 6. The van der Waals surface area contributed by atoms with Crippen LogP contribution in [0.4, 0.5) is 5.13 Å². The first-order chi connectivity index (χ1) is 8.61. The third-order valence-electron chi connectivity index (χ3n) is 2.92. The van der Waals surface area contributed by atoms with E-state index in [0.29, 0.717) is 0 Å². The Hall–Kier alpha value is -1.69. The van der Waals surface area contributed by atoms with E-state index in [4.69, 9.17) is 4.74 Å². The Morgan fingerprint density at radius 3 is 2.61 bits per heavy atom. The largest absolute Gasteiger partial charge is 0.496 e. The number of aryl methyl sites for hydroxylation is 2. The molecular weight excluding hydrogens is 248 g/mol. The van der Waals surface area contributed by atoms with Crippen LogP contribution in [0.2, 0.25) is 0 Å². The van der Waals surface area contributed by atoms with E-state index in [0.717, 1.165) is 23.0 Å². The molecule has 2 aromatic rings. The van der Waals surface area contributed by atoms with Gasteiger partial charge in [-0.1, -0.05) is 15.7 Å². The molecule has 5 nitrogen and oxygen atoms in total. The van der Waals surface area contributed by atoms with E-state index in [1.165, 1.54) is 22.7 Å². The molecule has 18 heavy (non-hydrogen) atoms. The van der Waals surface area contributed by atoms with Crippen molar-refractivity contribution in [3.8, 4) is 5.75 Å². The molecule has 0 amide bonds. The van der Waals surface area contributed by atoms with Crippen LogP contribution in [0.1, 0.15) is 16.7 Å². The maximum Gasteiger partial charge on any atom is 0.227 e. The van der Waals surface area contributed by atoms with Crippen LogP contribution in [0.15, 0.2) is 12.1 Å². The Kier molecular flexibility index (Phi) is 3.76. The Labute approximate surface area is 111 Å². The van der Waals surface area contributed by atoms with Crippen molar-refractivity contribution in [3.05, 3.63) is 28.8 Å². The molecule has 96 valence electrons. The molecule has 1 aromatic heterocycles. The molecule has 0 N–H and O–H groups in total. The highest BCUT2D eigenvalue weighted by Gasteiger charge is 2.11. The van der Waals surface area contributed by atoms with Gasteiger partial charge in [-0.2, -0.15) is 0 Å². The average Bonchev–Trinajstić information content (AvgIpc) is 2.87. The monoisotopic (exact) mass is 264 g/mol. The molecule has 0 aliphatic rings. The summed E-state index contributed by atoms with van der Waals surface area (Å²) in [6, 6.07) is 4.22. The fraction of sp³-hybridized carbons (Fsp3) is 0.417. The van der Waals surface area contributed by atoms with E-state index in [1.807, 2.05) is 11.9 Å². The smallest absolute Gasteiger partial charge is 0.227 e. The third-order valence-corrected chi connectivity index (χ3v) is 3.63. The van der Waals surface area contributed by atoms with Crippen LogP contribution in [0.3, 0.4) is 0 Å². The minimum Gasteiger partial charge on any atom is -0.496 e. The second-order valence-electron chi connectivity index (χ2n) is 4.25. The van der Waals surface area contributed by atoms with E-state index >= 15 is 0 Å². The van der Waals surface area contributed by atoms with Crippen LogP contribution in [0, 0.1) is 13.8 Å². The van der Waals surface area contributed by atoms with Crippen molar-refractivity contribution in [1.82, 2.24) is 14.8 Å². The number of rotatable bonds is 4. The lowest BCUT2D eigenvalue weighted by molar-refractivity contribution is 0.409. The van der Waals surface area contributed by atoms with Gasteiger partial charge in [0.15, 0.2) is 0 Å². The third kappa shape index (κ3) is 2.59. The summed E-state index contributed by atoms with van der Waals surface area (Å²) in [5.41, 5.74) is 3.63. The number of methoxy groups -OCH3 is 1. The standard InChI is InChI=1S/C12H16N4OS/c1-8-5-10(11(17-4)6-9(8)2)7-16(3)12-13-14-15-18-12/h5-6H,7H2,1-4H3. The molecule has 1 heterocycles. The van der Waals surface area contributed by atoms with E-state index < -0.39 is 0 Å². The molecule has 0 unspecified atom stereocenters. The van der Waals surface area contributed by atoms with Gasteiger partial charge in [0.1, 0.15) is 5.75 Å². The van der Waals surface area contributed by atoms with Crippen molar-refractivity contribution >= 4 is 16.7 Å². The predicted molar refractivity (Wildman–Crippen MR) is 72.3 cm³/mol. The molecule has 0 radical (unpaired) electrons. The van der Waals surface area contributed by atoms with Crippen molar-refractivity contribution in [2.75, 3.05) is 19.1 Å². The first kappa shape index (κ1) is 12.8. The lowest BCUT2D eigenvalue weighted by Gasteiger charge is -2.18. The van der Waals surface area contributed by atoms with Gasteiger partial charge in [0.25, 0.3) is 0 Å². The minimum atomic E-state index is 0.723. The SMILES string of the molecule is COc1cc(C)c(C)cc1CN(C)c1nnns1. The van der Waals surface area contributed by atoms with Crippen molar-refractivity contribution < 1.29 is 4.74 Å². The Bertz CT molecular complexity index is 527. The maximum atomic E-state index is 5.42. The molecule has 1 aromatic carbocycles. The predicted octanol–water partition coefficient (Wildman–Crippen LogP) is 2.19. The quantitative estimate of drug-likeness (QED) is 0.847. The maximum absolute atomic E-state index is 5.42. The minimum absolute atomic E-state index is 0.723. The summed E-state index contributed by atoms with van der Waals surface area (Å²) >= 11 is 1.28. The Morgan fingerprint density at radius 1 is 1.28 bits per heavy atom. The highest BCUT2D eigenvalue weighted by molar-refractivity contribution is 7.09. The van der Waals surface area contributed by atoms with Gasteiger partial charge < -0.3 is 9.64 Å². The summed E-state index contributed by atoms with van der Waals surface area (Å²) < 4.78 is 9.19. The normalized spacial score (nSPS) is 10.4. The second kappa shape index (κ2) is 5.30. The molecule has 0 aliphatic carbocycles. The number of hydrogen-bond donors (Lipinski definition) is 0. The van der Waals surface area contributed by atoms with E-state index in [-0.39, 0.29) is 0 Å². The number of ether oxygens (including phenoxy) is 1. The zero-order valence-corrected chi connectivity index (χ0v) is 11.8. The zero-order valence-electron chi connectivity index (χ0n) is 11.0. The summed E-state index contributed by atoms with van der Waals surface area (Å²) in [5.74, 6) is 0.905. The molecule has 0 fully saturated rings. The second-order valence-corrected chi connectivity index (χ2v) is 4.96. The van der Waals surface area contributed by atoms with Gasteiger partial charge in [-0.05, 0) is 36.3 Å². The van der Waals surface area contributed by atoms with Gasteiger partial charge >= 0.3 is 0 Å². The molecule has 0 atom stereocenters. The number of nitrogens with zero attached hydrogens (tertiary/aromatic N) is 4. The topological polar surface area (TPSA) is 51.1 Å². The van der Waals surface area contributed by atoms with E-state index in [2.05, 4.69) is 40.8 Å². The molecule has 0 saturated carbocycles. The van der Waals surface area contributed by atoms with E-state index in [1.54, 1.807) is 7.11 Å². The lowest BCUT2D eigenvalue weighted by atomic mass is 10.0. The number of aromatic nitrogens is 3. The number of benzene rings is 1. The van der Waals surface area contributed by atoms with Gasteiger partial charge in [-0.15, -0.1) is 0 Å². The molecule has 6 heteroatoms. The molecule has 0 saturated heterocycles. The molecule has 0 bridgehead atoms. The fourth-order valence-electron chi connectivity index (χ4n) is 1.76. The fourth-order valence-corrected chi connectivity index (χ4v) is 2.18. The Balaban J connectivity index is 2.25. The van der Waals surface area contributed by atoms with Crippen LogP contribution in [0.5, 0.6) is 5.75 Å². The summed E-state index contributed by atoms with van der Waals surface area (Å²) in [7, 11) is 3.66. The summed E-state index contributed by atoms with van der Waals surface area (Å²) in [5, 5.41) is 8.36.